The minimum Gasteiger partial charge on any atom is -0.462 e. The Morgan fingerprint density at radius 1 is 0.266 bits per heavy atom. The van der Waals surface area contributed by atoms with Crippen molar-refractivity contribution >= 4 is 17.9 Å². The Labute approximate surface area is 489 Å². The van der Waals surface area contributed by atoms with Crippen molar-refractivity contribution in [3.8, 4) is 0 Å². The van der Waals surface area contributed by atoms with Crippen molar-refractivity contribution in [1.82, 2.24) is 0 Å². The third-order valence-electron chi connectivity index (χ3n) is 14.6. The predicted octanol–water partition coefficient (Wildman–Crippen LogP) is 23.2. The normalized spacial score (nSPS) is 12.7. The molecule has 1 unspecified atom stereocenters. The van der Waals surface area contributed by atoms with Crippen LogP contribution in [0, 0.1) is 0 Å². The first-order chi connectivity index (χ1) is 39.0. The van der Waals surface area contributed by atoms with Crippen molar-refractivity contribution in [1.29, 1.82) is 0 Å². The minimum atomic E-state index is -0.786. The van der Waals surface area contributed by atoms with Crippen molar-refractivity contribution in [3.63, 3.8) is 0 Å². The van der Waals surface area contributed by atoms with Crippen molar-refractivity contribution < 1.29 is 28.6 Å². The van der Waals surface area contributed by atoms with Gasteiger partial charge in [-0.3, -0.25) is 14.4 Å². The van der Waals surface area contributed by atoms with E-state index in [1.807, 2.05) is 0 Å². The Morgan fingerprint density at radius 3 is 0.797 bits per heavy atom. The summed E-state index contributed by atoms with van der Waals surface area (Å²) in [5.74, 6) is -0.881. The molecule has 0 aliphatic heterocycles. The van der Waals surface area contributed by atoms with Gasteiger partial charge >= 0.3 is 17.9 Å². The van der Waals surface area contributed by atoms with Gasteiger partial charge in [0.2, 0.25) is 0 Å². The van der Waals surface area contributed by atoms with E-state index in [1.54, 1.807) is 0 Å². The van der Waals surface area contributed by atoms with Gasteiger partial charge in [0.05, 0.1) is 0 Å². The summed E-state index contributed by atoms with van der Waals surface area (Å²) in [4.78, 5) is 38.4. The zero-order valence-corrected chi connectivity index (χ0v) is 52.1. The van der Waals surface area contributed by atoms with Crippen molar-refractivity contribution in [3.05, 3.63) is 97.2 Å². The summed E-state index contributed by atoms with van der Waals surface area (Å²) in [5, 5.41) is 0. The molecule has 0 amide bonds. The van der Waals surface area contributed by atoms with Crippen LogP contribution in [0.5, 0.6) is 0 Å². The van der Waals surface area contributed by atoms with Crippen LogP contribution >= 0.6 is 0 Å². The molecule has 0 saturated carbocycles. The molecule has 0 fully saturated rings. The fraction of sp³-hybridized carbons (Fsp3) is 0.740. The molecule has 0 aliphatic carbocycles. The van der Waals surface area contributed by atoms with Gasteiger partial charge in [-0.05, 0) is 103 Å². The molecule has 0 radical (unpaired) electrons. The van der Waals surface area contributed by atoms with E-state index in [4.69, 9.17) is 14.2 Å². The maximum atomic E-state index is 12.9. The van der Waals surface area contributed by atoms with Crippen LogP contribution < -0.4 is 0 Å². The Balaban J connectivity index is 4.34. The summed E-state index contributed by atoms with van der Waals surface area (Å²) in [5.41, 5.74) is 0. The van der Waals surface area contributed by atoms with E-state index < -0.39 is 6.10 Å². The molecule has 1 atom stereocenters. The number of hydrogen-bond donors (Lipinski definition) is 0. The van der Waals surface area contributed by atoms with Gasteiger partial charge in [-0.2, -0.15) is 0 Å². The second-order valence-electron chi connectivity index (χ2n) is 22.4. The van der Waals surface area contributed by atoms with Crippen LogP contribution in [0.2, 0.25) is 0 Å². The van der Waals surface area contributed by atoms with Crippen molar-refractivity contribution in [2.75, 3.05) is 13.2 Å². The third kappa shape index (κ3) is 65.0. The second-order valence-corrected chi connectivity index (χ2v) is 22.4. The SMILES string of the molecule is CC/C=C\C/C=C\C/C=C\C/C=C\C/C=C\CCCCCCCCCCCCCC(=O)OCC(COC(=O)CCCCCCCCCCCCCCCCC)OC(=O)CCCCCCCC/C=C\C/C=C\C/C=C\CCCCC. The highest BCUT2D eigenvalue weighted by molar-refractivity contribution is 5.71. The van der Waals surface area contributed by atoms with Crippen LogP contribution in [-0.2, 0) is 28.6 Å². The minimum absolute atomic E-state index is 0.0804. The van der Waals surface area contributed by atoms with E-state index in [0.717, 1.165) is 116 Å². The van der Waals surface area contributed by atoms with Crippen molar-refractivity contribution in [2.24, 2.45) is 0 Å². The van der Waals surface area contributed by atoms with Crippen LogP contribution in [0.1, 0.15) is 329 Å². The van der Waals surface area contributed by atoms with E-state index >= 15 is 0 Å². The molecule has 0 aromatic carbocycles. The van der Waals surface area contributed by atoms with Gasteiger partial charge in [0.25, 0.3) is 0 Å². The molecule has 0 N–H and O–H groups in total. The molecule has 0 heterocycles. The third-order valence-corrected chi connectivity index (χ3v) is 14.6. The van der Waals surface area contributed by atoms with Gasteiger partial charge in [-0.1, -0.05) is 304 Å². The number of carbonyl (C=O) groups excluding carboxylic acids is 3. The zero-order valence-electron chi connectivity index (χ0n) is 52.1. The average molecular weight is 1100 g/mol. The van der Waals surface area contributed by atoms with Gasteiger partial charge in [-0.15, -0.1) is 0 Å². The van der Waals surface area contributed by atoms with Gasteiger partial charge in [-0.25, -0.2) is 0 Å². The number of unbranched alkanes of at least 4 members (excludes halogenated alkanes) is 34. The van der Waals surface area contributed by atoms with E-state index in [2.05, 4.69) is 118 Å². The lowest BCUT2D eigenvalue weighted by Crippen LogP contribution is -2.30. The molecule has 6 heteroatoms. The first-order valence-electron chi connectivity index (χ1n) is 33.7. The van der Waals surface area contributed by atoms with E-state index in [1.165, 1.54) is 173 Å². The van der Waals surface area contributed by atoms with Crippen molar-refractivity contribution in [2.45, 2.75) is 335 Å². The van der Waals surface area contributed by atoms with Crippen LogP contribution in [0.25, 0.3) is 0 Å². The quantitative estimate of drug-likeness (QED) is 0.0261. The molecular formula is C73H126O6. The fourth-order valence-electron chi connectivity index (χ4n) is 9.54. The molecule has 6 nitrogen and oxygen atoms in total. The van der Waals surface area contributed by atoms with E-state index in [9.17, 15) is 14.4 Å². The first kappa shape index (κ1) is 75.3. The number of allylic oxidation sites excluding steroid dienone is 16. The lowest BCUT2D eigenvalue weighted by atomic mass is 10.0. The monoisotopic (exact) mass is 1100 g/mol. The van der Waals surface area contributed by atoms with Crippen LogP contribution in [0.3, 0.4) is 0 Å². The molecular weight excluding hydrogens is 973 g/mol. The predicted molar refractivity (Wildman–Crippen MR) is 344 cm³/mol. The Morgan fingerprint density at radius 2 is 0.494 bits per heavy atom. The molecule has 454 valence electrons. The molecule has 0 spiro atoms. The Hall–Kier alpha value is -3.67. The standard InChI is InChI=1S/C73H126O6/c1-4-7-10-13-16-19-22-25-28-30-32-33-34-35-36-37-38-39-41-42-45-48-51-54-57-60-63-66-72(75)78-69-70(68-77-71(74)65-62-59-56-53-50-47-44-27-24-21-18-15-12-9-6-3)79-73(76)67-64-61-58-55-52-49-46-43-40-31-29-26-23-20-17-14-11-8-5-2/h7,10,16-17,19-20,25-26,28-29,32-33,35-36,40,43,70H,4-6,8-9,11-15,18,21-24,27,30-31,34,37-39,41-42,44-69H2,1-3H3/b10-7-,19-16-,20-17-,28-25-,29-26-,33-32-,36-35-,43-40-. The molecule has 79 heavy (non-hydrogen) atoms. The van der Waals surface area contributed by atoms with Gasteiger partial charge in [0.1, 0.15) is 13.2 Å². The summed E-state index contributed by atoms with van der Waals surface area (Å²) >= 11 is 0. The summed E-state index contributed by atoms with van der Waals surface area (Å²) in [7, 11) is 0. The maximum Gasteiger partial charge on any atom is 0.306 e. The number of rotatable bonds is 61. The summed E-state index contributed by atoms with van der Waals surface area (Å²) in [6.45, 7) is 6.53. The second kappa shape index (κ2) is 66.8. The highest BCUT2D eigenvalue weighted by Crippen LogP contribution is 2.17. The lowest BCUT2D eigenvalue weighted by Gasteiger charge is -2.18. The zero-order chi connectivity index (χ0) is 57.1. The summed E-state index contributed by atoms with van der Waals surface area (Å²) in [6, 6.07) is 0. The smallest absolute Gasteiger partial charge is 0.306 e. The van der Waals surface area contributed by atoms with Gasteiger partial charge in [0.15, 0.2) is 6.10 Å². The largest absolute Gasteiger partial charge is 0.462 e. The molecule has 0 aromatic heterocycles. The van der Waals surface area contributed by atoms with E-state index in [0.29, 0.717) is 19.3 Å². The van der Waals surface area contributed by atoms with Gasteiger partial charge in [0, 0.05) is 19.3 Å². The first-order valence-corrected chi connectivity index (χ1v) is 33.7. The summed E-state index contributed by atoms with van der Waals surface area (Å²) < 4.78 is 17.0. The van der Waals surface area contributed by atoms with Crippen LogP contribution in [0.4, 0.5) is 0 Å². The summed E-state index contributed by atoms with van der Waals surface area (Å²) in [6.07, 6.45) is 89.8. The fourth-order valence-corrected chi connectivity index (χ4v) is 9.54. The van der Waals surface area contributed by atoms with Gasteiger partial charge < -0.3 is 14.2 Å². The average Bonchev–Trinajstić information content (AvgIpc) is 3.45. The van der Waals surface area contributed by atoms with Crippen LogP contribution in [-0.4, -0.2) is 37.2 Å². The molecule has 0 aromatic rings. The van der Waals surface area contributed by atoms with Crippen LogP contribution in [0.15, 0.2) is 97.2 Å². The number of carbonyl (C=O) groups is 3. The Kier molecular flexibility index (Phi) is 63.7. The highest BCUT2D eigenvalue weighted by atomic mass is 16.6. The highest BCUT2D eigenvalue weighted by Gasteiger charge is 2.19. The lowest BCUT2D eigenvalue weighted by molar-refractivity contribution is -0.167. The molecule has 0 bridgehead atoms. The number of esters is 3. The number of hydrogen-bond acceptors (Lipinski definition) is 6. The molecule has 0 aliphatic rings. The molecule has 0 rings (SSSR count). The molecule has 0 saturated heterocycles. The Bertz CT molecular complexity index is 1540. The van der Waals surface area contributed by atoms with E-state index in [-0.39, 0.29) is 31.1 Å². The maximum absolute atomic E-state index is 12.9. The topological polar surface area (TPSA) is 78.9 Å². The number of ether oxygens (including phenoxy) is 3.